The summed E-state index contributed by atoms with van der Waals surface area (Å²) >= 11 is 0. The maximum absolute atomic E-state index is 11.8. The minimum atomic E-state index is -0.875. The molecule has 0 amide bonds. The van der Waals surface area contributed by atoms with Gasteiger partial charge in [0, 0.05) is 35.2 Å². The van der Waals surface area contributed by atoms with Crippen LogP contribution < -0.4 is 4.74 Å². The van der Waals surface area contributed by atoms with Gasteiger partial charge in [0.15, 0.2) is 0 Å². The van der Waals surface area contributed by atoms with Crippen molar-refractivity contribution in [2.24, 2.45) is 0 Å². The number of nitrogens with one attached hydrogen (secondary N) is 1. The van der Waals surface area contributed by atoms with E-state index in [1.54, 1.807) is 6.20 Å². The molecule has 7 heteroatoms. The Morgan fingerprint density at radius 2 is 2.06 bits per heavy atom. The number of benzene rings is 2. The number of carbonyl (C=O) groups is 1. The second-order valence-electron chi connectivity index (χ2n) is 8.25. The Kier molecular flexibility index (Phi) is 4.36. The first-order chi connectivity index (χ1) is 16.1. The molecule has 3 aromatic heterocycles. The zero-order valence-corrected chi connectivity index (χ0v) is 17.9. The van der Waals surface area contributed by atoms with E-state index >= 15 is 0 Å². The van der Waals surface area contributed by atoms with Crippen molar-refractivity contribution < 1.29 is 14.6 Å². The smallest absolute Gasteiger partial charge is 0.307 e. The van der Waals surface area contributed by atoms with E-state index in [1.807, 2.05) is 55.6 Å². The zero-order chi connectivity index (χ0) is 22.5. The molecule has 162 valence electrons. The number of carboxylic acids is 1. The van der Waals surface area contributed by atoms with Gasteiger partial charge in [0.05, 0.1) is 35.4 Å². The van der Waals surface area contributed by atoms with Crippen LogP contribution >= 0.6 is 0 Å². The average Bonchev–Trinajstić information content (AvgIpc) is 3.35. The van der Waals surface area contributed by atoms with Gasteiger partial charge in [0.25, 0.3) is 0 Å². The highest BCUT2D eigenvalue weighted by Crippen LogP contribution is 2.42. The topological polar surface area (TPSA) is 101 Å². The molecule has 0 aliphatic carbocycles. The summed E-state index contributed by atoms with van der Waals surface area (Å²) in [7, 11) is 0. The third-order valence-corrected chi connectivity index (χ3v) is 6.27. The van der Waals surface area contributed by atoms with Crippen LogP contribution in [0, 0.1) is 6.92 Å². The van der Waals surface area contributed by atoms with E-state index in [0.29, 0.717) is 6.61 Å². The normalized spacial score (nSPS) is 12.8. The Balaban J connectivity index is 1.69. The van der Waals surface area contributed by atoms with Crippen LogP contribution in [-0.4, -0.2) is 37.8 Å². The second kappa shape index (κ2) is 7.41. The fraction of sp³-hybridized carbons (Fsp3) is 0.154. The van der Waals surface area contributed by atoms with Crippen molar-refractivity contribution in [1.29, 1.82) is 0 Å². The van der Waals surface area contributed by atoms with E-state index in [2.05, 4.69) is 10.2 Å². The third kappa shape index (κ3) is 3.12. The lowest BCUT2D eigenvalue weighted by molar-refractivity contribution is -0.136. The predicted octanol–water partition coefficient (Wildman–Crippen LogP) is 4.71. The molecule has 2 N–H and O–H groups in total. The highest BCUT2D eigenvalue weighted by Gasteiger charge is 2.22. The van der Waals surface area contributed by atoms with Gasteiger partial charge in [-0.15, -0.1) is 0 Å². The quantitative estimate of drug-likeness (QED) is 0.423. The minimum Gasteiger partial charge on any atom is -0.493 e. The van der Waals surface area contributed by atoms with Gasteiger partial charge < -0.3 is 9.84 Å². The van der Waals surface area contributed by atoms with Crippen molar-refractivity contribution in [3.8, 4) is 28.3 Å². The summed E-state index contributed by atoms with van der Waals surface area (Å²) in [4.78, 5) is 21.4. The first kappa shape index (κ1) is 19.4. The van der Waals surface area contributed by atoms with Crippen LogP contribution in [0.5, 0.6) is 5.75 Å². The minimum absolute atomic E-state index is 0.0845. The van der Waals surface area contributed by atoms with Crippen molar-refractivity contribution in [3.05, 3.63) is 71.5 Å². The van der Waals surface area contributed by atoms with Crippen LogP contribution in [0.1, 0.15) is 16.7 Å². The van der Waals surface area contributed by atoms with E-state index in [9.17, 15) is 9.90 Å². The van der Waals surface area contributed by atoms with Crippen LogP contribution in [0.3, 0.4) is 0 Å². The summed E-state index contributed by atoms with van der Waals surface area (Å²) in [5.41, 5.74) is 7.81. The first-order valence-electron chi connectivity index (χ1n) is 10.8. The Hall–Kier alpha value is -4.26. The van der Waals surface area contributed by atoms with Crippen molar-refractivity contribution in [2.75, 3.05) is 6.61 Å². The number of carboxylic acid groups (broad SMARTS) is 1. The molecule has 1 aliphatic rings. The van der Waals surface area contributed by atoms with Crippen LogP contribution in [0.25, 0.3) is 44.3 Å². The molecule has 2 aromatic carbocycles. The lowest BCUT2D eigenvalue weighted by atomic mass is 9.87. The molecule has 5 aromatic rings. The number of fused-ring (bicyclic) bond motifs is 1. The molecule has 0 fully saturated rings. The molecule has 0 saturated carbocycles. The number of hydrogen-bond donors (Lipinski definition) is 2. The predicted molar refractivity (Wildman–Crippen MR) is 125 cm³/mol. The number of pyridine rings is 2. The Bertz CT molecular complexity index is 1550. The largest absolute Gasteiger partial charge is 0.493 e. The number of aromatic nitrogens is 4. The lowest BCUT2D eigenvalue weighted by Crippen LogP contribution is -2.10. The SMILES string of the molecule is Cc1cc2nc(-c3ccn[nH]3)ccc2c(-c2ccc3c4c(ccnc24)CCO3)c1CC(=O)O. The molecule has 0 unspecified atom stereocenters. The summed E-state index contributed by atoms with van der Waals surface area (Å²) in [6.45, 7) is 2.58. The fourth-order valence-corrected chi connectivity index (χ4v) is 4.79. The highest BCUT2D eigenvalue weighted by atomic mass is 16.5. The molecule has 0 atom stereocenters. The van der Waals surface area contributed by atoms with Crippen molar-refractivity contribution in [1.82, 2.24) is 20.2 Å². The maximum atomic E-state index is 11.8. The Labute approximate surface area is 189 Å². The number of nitrogens with zero attached hydrogens (tertiary/aromatic N) is 3. The summed E-state index contributed by atoms with van der Waals surface area (Å²) in [5, 5.41) is 18.6. The van der Waals surface area contributed by atoms with E-state index in [0.717, 1.165) is 67.6 Å². The molecular formula is C26H20N4O3. The highest BCUT2D eigenvalue weighted by molar-refractivity contribution is 6.08. The summed E-state index contributed by atoms with van der Waals surface area (Å²) in [6, 6.07) is 13.7. The van der Waals surface area contributed by atoms with Crippen LogP contribution in [0.15, 0.2) is 54.9 Å². The molecule has 6 rings (SSSR count). The number of rotatable bonds is 4. The molecule has 0 bridgehead atoms. The molecule has 0 saturated heterocycles. The van der Waals surface area contributed by atoms with Crippen molar-refractivity contribution in [2.45, 2.75) is 19.8 Å². The number of hydrogen-bond acceptors (Lipinski definition) is 5. The maximum Gasteiger partial charge on any atom is 0.307 e. The molecule has 4 heterocycles. The van der Waals surface area contributed by atoms with E-state index in [1.165, 1.54) is 5.56 Å². The standard InChI is InChI=1S/C26H20N4O3/c1-14-12-21-16(2-4-19(29-21)20-7-10-28-30-20)25(18(14)13-23(31)32)17-3-5-22-24-15(8-11-33-22)6-9-27-26(17)24/h2-7,9-10,12H,8,11,13H2,1H3,(H,28,30)(H,31,32). The summed E-state index contributed by atoms with van der Waals surface area (Å²) in [6.07, 6.45) is 4.25. The van der Waals surface area contributed by atoms with E-state index in [4.69, 9.17) is 14.7 Å². The van der Waals surface area contributed by atoms with Crippen LogP contribution in [0.4, 0.5) is 0 Å². The molecule has 1 aliphatic heterocycles. The number of H-pyrrole nitrogens is 1. The van der Waals surface area contributed by atoms with Crippen molar-refractivity contribution >= 4 is 27.8 Å². The Morgan fingerprint density at radius 1 is 1.15 bits per heavy atom. The number of aliphatic carboxylic acids is 1. The van der Waals surface area contributed by atoms with Gasteiger partial charge in [-0.1, -0.05) is 0 Å². The number of aryl methyl sites for hydroxylation is 1. The summed E-state index contributed by atoms with van der Waals surface area (Å²) < 4.78 is 5.89. The Morgan fingerprint density at radius 3 is 2.88 bits per heavy atom. The van der Waals surface area contributed by atoms with Crippen molar-refractivity contribution in [3.63, 3.8) is 0 Å². The van der Waals surface area contributed by atoms with Gasteiger partial charge in [-0.25, -0.2) is 4.98 Å². The van der Waals surface area contributed by atoms with Gasteiger partial charge in [-0.3, -0.25) is 14.9 Å². The van der Waals surface area contributed by atoms with Crippen LogP contribution in [0.2, 0.25) is 0 Å². The number of ether oxygens (including phenoxy) is 1. The number of aromatic amines is 1. The molecule has 33 heavy (non-hydrogen) atoms. The second-order valence-corrected chi connectivity index (χ2v) is 8.25. The van der Waals surface area contributed by atoms with Gasteiger partial charge in [0.2, 0.25) is 0 Å². The molecular weight excluding hydrogens is 416 g/mol. The van der Waals surface area contributed by atoms with Gasteiger partial charge in [-0.2, -0.15) is 5.10 Å². The first-order valence-corrected chi connectivity index (χ1v) is 10.8. The van der Waals surface area contributed by atoms with Gasteiger partial charge in [-0.05, 0) is 71.6 Å². The monoisotopic (exact) mass is 436 g/mol. The average molecular weight is 436 g/mol. The summed E-state index contributed by atoms with van der Waals surface area (Å²) in [5.74, 6) is -0.0562. The van der Waals surface area contributed by atoms with Gasteiger partial charge >= 0.3 is 5.97 Å². The molecule has 0 radical (unpaired) electrons. The van der Waals surface area contributed by atoms with E-state index < -0.39 is 5.97 Å². The molecule has 0 spiro atoms. The lowest BCUT2D eigenvalue weighted by Gasteiger charge is -2.21. The third-order valence-electron chi connectivity index (χ3n) is 6.27. The zero-order valence-electron chi connectivity index (χ0n) is 17.9. The molecule has 7 nitrogen and oxygen atoms in total. The van der Waals surface area contributed by atoms with Crippen LogP contribution in [-0.2, 0) is 17.6 Å². The van der Waals surface area contributed by atoms with Gasteiger partial charge in [0.1, 0.15) is 5.75 Å². The fourth-order valence-electron chi connectivity index (χ4n) is 4.79. The van der Waals surface area contributed by atoms with E-state index in [-0.39, 0.29) is 6.42 Å².